The second kappa shape index (κ2) is 4.19. The molecule has 0 aliphatic heterocycles. The van der Waals surface area contributed by atoms with Crippen molar-refractivity contribution in [1.29, 1.82) is 0 Å². The van der Waals surface area contributed by atoms with E-state index in [1.54, 1.807) is 13.8 Å². The number of alkyl halides is 3. The number of carbonyl (C=O) groups is 1. The number of rotatable bonds is 2. The molecule has 1 aliphatic carbocycles. The lowest BCUT2D eigenvalue weighted by Gasteiger charge is -2.10. The summed E-state index contributed by atoms with van der Waals surface area (Å²) in [6.07, 6.45) is -4.56. The predicted molar refractivity (Wildman–Crippen MR) is 57.4 cm³/mol. The van der Waals surface area contributed by atoms with Crippen molar-refractivity contribution >= 4 is 17.6 Å². The fourth-order valence-corrected chi connectivity index (χ4v) is 2.49. The Hall–Kier alpha value is -0.710. The molecule has 2 nitrogen and oxygen atoms in total. The minimum Gasteiger partial charge on any atom is -0.469 e. The van der Waals surface area contributed by atoms with Crippen LogP contribution in [0.2, 0.25) is 0 Å². The van der Waals surface area contributed by atoms with Gasteiger partial charge in [-0.05, 0) is 17.9 Å². The quantitative estimate of drug-likeness (QED) is 0.718. The van der Waals surface area contributed by atoms with Crippen LogP contribution in [0.25, 0.3) is 0 Å². The average Bonchev–Trinajstić information content (AvgIpc) is 2.76. The molecule has 98 valence electrons. The summed E-state index contributed by atoms with van der Waals surface area (Å²) in [6, 6.07) is 0. The summed E-state index contributed by atoms with van der Waals surface area (Å²) in [5.41, 5.74) is -0.540. The van der Waals surface area contributed by atoms with Gasteiger partial charge < -0.3 is 4.74 Å². The van der Waals surface area contributed by atoms with Crippen LogP contribution in [0.1, 0.15) is 20.8 Å². The van der Waals surface area contributed by atoms with E-state index in [1.807, 2.05) is 0 Å². The topological polar surface area (TPSA) is 26.3 Å². The number of ether oxygens (including phenoxy) is 1. The van der Waals surface area contributed by atoms with Gasteiger partial charge in [-0.1, -0.05) is 25.4 Å². The average molecular weight is 271 g/mol. The first-order chi connectivity index (χ1) is 7.55. The van der Waals surface area contributed by atoms with Crippen molar-refractivity contribution in [2.75, 3.05) is 7.11 Å². The first kappa shape index (κ1) is 14.4. The highest BCUT2D eigenvalue weighted by atomic mass is 35.5. The first-order valence-electron chi connectivity index (χ1n) is 5.06. The highest BCUT2D eigenvalue weighted by molar-refractivity contribution is 6.30. The van der Waals surface area contributed by atoms with E-state index in [0.717, 1.165) is 0 Å². The van der Waals surface area contributed by atoms with E-state index >= 15 is 0 Å². The Morgan fingerprint density at radius 2 is 1.76 bits per heavy atom. The maximum Gasteiger partial charge on any atom is 0.426 e. The third-order valence-corrected chi connectivity index (χ3v) is 3.86. The van der Waals surface area contributed by atoms with Gasteiger partial charge in [0.05, 0.1) is 13.0 Å². The van der Waals surface area contributed by atoms with Crippen molar-refractivity contribution in [1.82, 2.24) is 0 Å². The van der Waals surface area contributed by atoms with Crippen molar-refractivity contribution in [2.45, 2.75) is 26.9 Å². The molecule has 1 rings (SSSR count). The molecule has 1 aliphatic rings. The van der Waals surface area contributed by atoms with Crippen LogP contribution < -0.4 is 0 Å². The van der Waals surface area contributed by atoms with Gasteiger partial charge in [-0.25, -0.2) is 0 Å². The number of allylic oxidation sites excluding steroid dienone is 2. The number of methoxy groups -OCH3 is 1. The van der Waals surface area contributed by atoms with E-state index in [-0.39, 0.29) is 5.57 Å². The molecule has 0 heterocycles. The van der Waals surface area contributed by atoms with E-state index in [4.69, 9.17) is 11.6 Å². The minimum atomic E-state index is -4.56. The summed E-state index contributed by atoms with van der Waals surface area (Å²) in [6.45, 7) is 4.76. The fourth-order valence-electron chi connectivity index (χ4n) is 2.37. The Balaban J connectivity index is 3.01. The van der Waals surface area contributed by atoms with Gasteiger partial charge >= 0.3 is 12.1 Å². The molecule has 0 radical (unpaired) electrons. The van der Waals surface area contributed by atoms with Crippen LogP contribution in [-0.4, -0.2) is 19.3 Å². The largest absolute Gasteiger partial charge is 0.469 e. The Morgan fingerprint density at radius 1 is 1.29 bits per heavy atom. The van der Waals surface area contributed by atoms with Crippen LogP contribution >= 0.6 is 11.6 Å². The molecule has 0 unspecified atom stereocenters. The molecule has 0 aromatic carbocycles. The monoisotopic (exact) mass is 270 g/mol. The number of carbonyl (C=O) groups excluding carboxylic acids is 1. The van der Waals surface area contributed by atoms with Crippen molar-refractivity contribution in [3.63, 3.8) is 0 Å². The van der Waals surface area contributed by atoms with Gasteiger partial charge in [0, 0.05) is 5.92 Å². The van der Waals surface area contributed by atoms with Crippen LogP contribution in [0.5, 0.6) is 0 Å². The zero-order valence-electron chi connectivity index (χ0n) is 9.98. The molecule has 0 saturated heterocycles. The van der Waals surface area contributed by atoms with Crippen molar-refractivity contribution in [3.05, 3.63) is 10.6 Å². The Bertz CT molecular complexity index is 371. The van der Waals surface area contributed by atoms with Crippen LogP contribution in [0, 0.1) is 17.3 Å². The molecular formula is C11H14ClF3O2. The summed E-state index contributed by atoms with van der Waals surface area (Å²) >= 11 is 5.29. The van der Waals surface area contributed by atoms with E-state index in [9.17, 15) is 18.0 Å². The molecule has 0 aromatic rings. The number of esters is 1. The summed E-state index contributed by atoms with van der Waals surface area (Å²) in [7, 11) is 1.22. The second-order valence-corrected chi connectivity index (χ2v) is 5.17. The Kier molecular flexibility index (Phi) is 3.54. The molecule has 0 aromatic heterocycles. The lowest BCUT2D eigenvalue weighted by Crippen LogP contribution is -2.11. The van der Waals surface area contributed by atoms with Crippen molar-refractivity contribution in [3.8, 4) is 0 Å². The molecule has 0 amide bonds. The van der Waals surface area contributed by atoms with Crippen LogP contribution in [0.4, 0.5) is 13.2 Å². The number of hydrogen-bond donors (Lipinski definition) is 0. The summed E-state index contributed by atoms with van der Waals surface area (Å²) < 4.78 is 41.9. The van der Waals surface area contributed by atoms with Gasteiger partial charge in [0.15, 0.2) is 0 Å². The normalized spacial score (nSPS) is 28.5. The van der Waals surface area contributed by atoms with E-state index in [1.165, 1.54) is 14.0 Å². The van der Waals surface area contributed by atoms with Crippen LogP contribution in [0.15, 0.2) is 10.6 Å². The van der Waals surface area contributed by atoms with Gasteiger partial charge in [0.2, 0.25) is 0 Å². The number of hydrogen-bond acceptors (Lipinski definition) is 2. The van der Waals surface area contributed by atoms with E-state index < -0.39 is 34.4 Å². The van der Waals surface area contributed by atoms with Gasteiger partial charge in [0.1, 0.15) is 5.03 Å². The molecule has 0 bridgehead atoms. The molecule has 0 spiro atoms. The second-order valence-electron chi connectivity index (χ2n) is 4.79. The van der Waals surface area contributed by atoms with Crippen LogP contribution in [0.3, 0.4) is 0 Å². The number of halogens is 4. The van der Waals surface area contributed by atoms with Crippen LogP contribution in [-0.2, 0) is 9.53 Å². The lowest BCUT2D eigenvalue weighted by atomic mass is 10.0. The van der Waals surface area contributed by atoms with Gasteiger partial charge in [-0.2, -0.15) is 13.2 Å². The maximum atomic E-state index is 12.4. The molecule has 17 heavy (non-hydrogen) atoms. The van der Waals surface area contributed by atoms with Crippen molar-refractivity contribution in [2.24, 2.45) is 17.3 Å². The molecule has 2 atom stereocenters. The fraction of sp³-hybridized carbons (Fsp3) is 0.727. The smallest absolute Gasteiger partial charge is 0.426 e. The van der Waals surface area contributed by atoms with Gasteiger partial charge in [0.25, 0.3) is 0 Å². The SMILES string of the molecule is COC(=O)[C@H]1[C@@H](C(C)=C(Cl)C(F)(F)F)C1(C)C. The highest BCUT2D eigenvalue weighted by Crippen LogP contribution is 2.63. The molecule has 0 N–H and O–H groups in total. The highest BCUT2D eigenvalue weighted by Gasteiger charge is 2.64. The summed E-state index contributed by atoms with van der Waals surface area (Å²) in [5, 5.41) is -1.14. The Morgan fingerprint density at radius 3 is 2.12 bits per heavy atom. The van der Waals surface area contributed by atoms with Gasteiger partial charge in [-0.3, -0.25) is 4.79 Å². The zero-order valence-corrected chi connectivity index (χ0v) is 10.7. The minimum absolute atomic E-state index is 0.000401. The third kappa shape index (κ3) is 2.44. The van der Waals surface area contributed by atoms with E-state index in [0.29, 0.717) is 0 Å². The van der Waals surface area contributed by atoms with E-state index in [2.05, 4.69) is 4.74 Å². The van der Waals surface area contributed by atoms with Gasteiger partial charge in [-0.15, -0.1) is 0 Å². The molecule has 1 fully saturated rings. The molecule has 1 saturated carbocycles. The predicted octanol–water partition coefficient (Wildman–Crippen LogP) is 3.51. The molecule has 6 heteroatoms. The van der Waals surface area contributed by atoms with Crippen molar-refractivity contribution < 1.29 is 22.7 Å². The first-order valence-corrected chi connectivity index (χ1v) is 5.44. The standard InChI is InChI=1S/C11H14ClF3O2/c1-5(8(12)11(13,14)15)6-7(9(16)17-4)10(6,2)3/h6-7H,1-4H3/t6-,7-/m1/s1. The maximum absolute atomic E-state index is 12.4. The third-order valence-electron chi connectivity index (χ3n) is 3.34. The Labute approximate surface area is 103 Å². The molecular weight excluding hydrogens is 257 g/mol. The lowest BCUT2D eigenvalue weighted by molar-refractivity contribution is -0.143. The summed E-state index contributed by atoms with van der Waals surface area (Å²) in [5.74, 6) is -1.56. The summed E-state index contributed by atoms with van der Waals surface area (Å²) in [4.78, 5) is 11.4. The zero-order chi connectivity index (χ0) is 13.6.